The molecule has 6 unspecified atom stereocenters. The fraction of sp³-hybridized carbons (Fsp3) is 0.867. The summed E-state index contributed by atoms with van der Waals surface area (Å²) >= 11 is 0. The van der Waals surface area contributed by atoms with Gasteiger partial charge in [-0.2, -0.15) is 0 Å². The fourth-order valence-electron chi connectivity index (χ4n) is 4.23. The van der Waals surface area contributed by atoms with Crippen molar-refractivity contribution < 1.29 is 9.59 Å². The van der Waals surface area contributed by atoms with Gasteiger partial charge in [-0.3, -0.25) is 9.59 Å². The van der Waals surface area contributed by atoms with Gasteiger partial charge in [-0.1, -0.05) is 20.3 Å². The van der Waals surface area contributed by atoms with Crippen molar-refractivity contribution in [2.45, 2.75) is 70.1 Å². The Kier molecular flexibility index (Phi) is 3.48. The van der Waals surface area contributed by atoms with E-state index < -0.39 is 0 Å². The monoisotopic (exact) mass is 264 g/mol. The molecule has 0 aromatic carbocycles. The van der Waals surface area contributed by atoms with Crippen LogP contribution in [0.3, 0.4) is 0 Å². The van der Waals surface area contributed by atoms with Crippen LogP contribution in [0.25, 0.3) is 0 Å². The van der Waals surface area contributed by atoms with Crippen LogP contribution in [0.4, 0.5) is 0 Å². The molecule has 2 saturated heterocycles. The van der Waals surface area contributed by atoms with Gasteiger partial charge in [-0.05, 0) is 25.7 Å². The molecule has 4 nitrogen and oxygen atoms in total. The lowest BCUT2D eigenvalue weighted by atomic mass is 9.75. The van der Waals surface area contributed by atoms with E-state index in [-0.39, 0.29) is 36.0 Å². The van der Waals surface area contributed by atoms with Crippen molar-refractivity contribution in [1.82, 2.24) is 10.6 Å². The van der Waals surface area contributed by atoms with Crippen molar-refractivity contribution in [1.29, 1.82) is 0 Å². The van der Waals surface area contributed by atoms with Crippen molar-refractivity contribution in [3.05, 3.63) is 0 Å². The number of Topliss-reactive ketones (excluding diaryl/α,β-unsaturated/α-hetero) is 2. The van der Waals surface area contributed by atoms with Crippen LogP contribution >= 0.6 is 0 Å². The van der Waals surface area contributed by atoms with Crippen LogP contribution in [0.15, 0.2) is 0 Å². The van der Waals surface area contributed by atoms with Crippen molar-refractivity contribution in [2.24, 2.45) is 11.8 Å². The number of nitrogens with one attached hydrogen (secondary N) is 2. The van der Waals surface area contributed by atoms with Gasteiger partial charge >= 0.3 is 0 Å². The van der Waals surface area contributed by atoms with Gasteiger partial charge in [0.1, 0.15) is 0 Å². The predicted molar refractivity (Wildman–Crippen MR) is 72.9 cm³/mol. The van der Waals surface area contributed by atoms with Crippen molar-refractivity contribution >= 4 is 11.6 Å². The highest BCUT2D eigenvalue weighted by Crippen LogP contribution is 2.39. The van der Waals surface area contributed by atoms with Crippen molar-refractivity contribution in [3.8, 4) is 0 Å². The van der Waals surface area contributed by atoms with Crippen LogP contribution in [0, 0.1) is 11.8 Å². The van der Waals surface area contributed by atoms with E-state index in [9.17, 15) is 9.59 Å². The highest BCUT2D eigenvalue weighted by atomic mass is 16.1. The van der Waals surface area contributed by atoms with E-state index in [1.165, 1.54) is 0 Å². The van der Waals surface area contributed by atoms with Gasteiger partial charge in [0.25, 0.3) is 0 Å². The van der Waals surface area contributed by atoms with E-state index in [4.69, 9.17) is 0 Å². The lowest BCUT2D eigenvalue weighted by molar-refractivity contribution is -0.125. The summed E-state index contributed by atoms with van der Waals surface area (Å²) in [7, 11) is 0. The van der Waals surface area contributed by atoms with Crippen molar-refractivity contribution in [3.63, 3.8) is 0 Å². The third-order valence-electron chi connectivity index (χ3n) is 5.22. The number of rotatable bonds is 3. The van der Waals surface area contributed by atoms with Crippen LogP contribution in [0.5, 0.6) is 0 Å². The molecule has 3 rings (SSSR count). The number of carbonyl (C=O) groups is 2. The summed E-state index contributed by atoms with van der Waals surface area (Å²) in [4.78, 5) is 24.6. The van der Waals surface area contributed by atoms with Gasteiger partial charge in [0.05, 0.1) is 12.1 Å². The highest BCUT2D eigenvalue weighted by molar-refractivity contribution is 5.92. The molecule has 0 aromatic heterocycles. The standard InChI is InChI=1S/C15H24N2O2/c1-3-5-11-15(19)9-7-12-8(6-13(9)17-11)14(18)10(4-2)16-12/h8-13,16-17H,3-7H2,1-2H3. The smallest absolute Gasteiger partial charge is 0.154 e. The first kappa shape index (κ1) is 13.3. The molecule has 0 bridgehead atoms. The van der Waals surface area contributed by atoms with E-state index in [0.29, 0.717) is 11.6 Å². The maximum absolute atomic E-state index is 12.4. The molecule has 2 N–H and O–H groups in total. The normalized spacial score (nSPS) is 45.4. The summed E-state index contributed by atoms with van der Waals surface area (Å²) in [6.45, 7) is 4.16. The summed E-state index contributed by atoms with van der Waals surface area (Å²) < 4.78 is 0. The molecule has 6 atom stereocenters. The molecule has 106 valence electrons. The summed E-state index contributed by atoms with van der Waals surface area (Å²) in [5.41, 5.74) is 0. The molecule has 2 heterocycles. The third-order valence-corrected chi connectivity index (χ3v) is 5.22. The van der Waals surface area contributed by atoms with Crippen LogP contribution in [-0.4, -0.2) is 35.7 Å². The molecule has 0 aromatic rings. The first-order valence-corrected chi connectivity index (χ1v) is 7.75. The molecular formula is C15H24N2O2. The molecule has 0 amide bonds. The first-order chi connectivity index (χ1) is 9.15. The van der Waals surface area contributed by atoms with E-state index in [1.807, 2.05) is 0 Å². The van der Waals surface area contributed by atoms with E-state index in [1.54, 1.807) is 0 Å². The Morgan fingerprint density at radius 2 is 1.47 bits per heavy atom. The van der Waals surface area contributed by atoms with E-state index in [2.05, 4.69) is 24.5 Å². The lowest BCUT2D eigenvalue weighted by Gasteiger charge is -2.32. The minimum Gasteiger partial charge on any atom is -0.304 e. The summed E-state index contributed by atoms with van der Waals surface area (Å²) in [6.07, 6.45) is 4.53. The second kappa shape index (κ2) is 4.98. The Bertz CT molecular complexity index is 396. The minimum absolute atomic E-state index is 0.0235. The first-order valence-electron chi connectivity index (χ1n) is 7.75. The molecule has 0 spiro atoms. The number of hydrogen-bond donors (Lipinski definition) is 2. The highest BCUT2D eigenvalue weighted by Gasteiger charge is 2.52. The maximum atomic E-state index is 12.4. The summed E-state index contributed by atoms with van der Waals surface area (Å²) in [5.74, 6) is 1.03. The van der Waals surface area contributed by atoms with Gasteiger partial charge in [0.15, 0.2) is 11.6 Å². The van der Waals surface area contributed by atoms with Crippen LogP contribution in [-0.2, 0) is 9.59 Å². The molecule has 0 radical (unpaired) electrons. The number of carbonyl (C=O) groups excluding carboxylic acids is 2. The maximum Gasteiger partial charge on any atom is 0.154 e. The number of hydrogen-bond acceptors (Lipinski definition) is 4. The molecule has 4 heteroatoms. The zero-order valence-electron chi connectivity index (χ0n) is 11.8. The minimum atomic E-state index is 0.0235. The van der Waals surface area contributed by atoms with E-state index >= 15 is 0 Å². The van der Waals surface area contributed by atoms with Crippen LogP contribution < -0.4 is 10.6 Å². The lowest BCUT2D eigenvalue weighted by Crippen LogP contribution is -2.44. The van der Waals surface area contributed by atoms with Gasteiger partial charge in [0.2, 0.25) is 0 Å². The second-order valence-electron chi connectivity index (χ2n) is 6.34. The Balaban J connectivity index is 1.73. The third kappa shape index (κ3) is 2.05. The quantitative estimate of drug-likeness (QED) is 0.800. The SMILES string of the molecule is CCCC1NC2CC3C(=O)C(CC)NC3CC2C1=O. The van der Waals surface area contributed by atoms with Crippen LogP contribution in [0.1, 0.15) is 46.0 Å². The van der Waals surface area contributed by atoms with Crippen LogP contribution in [0.2, 0.25) is 0 Å². The molecular weight excluding hydrogens is 240 g/mol. The zero-order chi connectivity index (χ0) is 13.6. The number of fused-ring (bicyclic) bond motifs is 2. The summed E-state index contributed by atoms with van der Waals surface area (Å²) in [5, 5.41) is 6.92. The summed E-state index contributed by atoms with van der Waals surface area (Å²) in [6, 6.07) is 0.544. The number of ketones is 2. The Hall–Kier alpha value is -0.740. The molecule has 19 heavy (non-hydrogen) atoms. The van der Waals surface area contributed by atoms with Gasteiger partial charge in [-0.15, -0.1) is 0 Å². The topological polar surface area (TPSA) is 58.2 Å². The zero-order valence-corrected chi connectivity index (χ0v) is 11.8. The Morgan fingerprint density at radius 1 is 0.947 bits per heavy atom. The molecule has 3 fully saturated rings. The molecule has 3 aliphatic rings. The Labute approximate surface area is 114 Å². The second-order valence-corrected chi connectivity index (χ2v) is 6.34. The molecule has 2 aliphatic heterocycles. The molecule has 1 saturated carbocycles. The van der Waals surface area contributed by atoms with Gasteiger partial charge in [0, 0.05) is 23.9 Å². The van der Waals surface area contributed by atoms with Crippen molar-refractivity contribution in [2.75, 3.05) is 0 Å². The average Bonchev–Trinajstić information content (AvgIpc) is 2.88. The predicted octanol–water partition coefficient (Wildman–Crippen LogP) is 1.04. The van der Waals surface area contributed by atoms with Gasteiger partial charge in [-0.25, -0.2) is 0 Å². The Morgan fingerprint density at radius 3 is 2.00 bits per heavy atom. The molecule has 1 aliphatic carbocycles. The fourth-order valence-corrected chi connectivity index (χ4v) is 4.23. The largest absolute Gasteiger partial charge is 0.304 e. The van der Waals surface area contributed by atoms with Gasteiger partial charge < -0.3 is 10.6 Å². The van der Waals surface area contributed by atoms with E-state index in [0.717, 1.165) is 32.1 Å². The average molecular weight is 264 g/mol.